The van der Waals surface area contributed by atoms with Crippen molar-refractivity contribution in [3.63, 3.8) is 0 Å². The minimum Gasteiger partial charge on any atom is -0.494 e. The van der Waals surface area contributed by atoms with Crippen LogP contribution in [0, 0.1) is 11.3 Å². The Bertz CT molecular complexity index is 2000. The fraction of sp³-hybridized carbons (Fsp3) is 0.366. The standard InChI is InChI=1S/C33H33N5O4.C7H12N2O2.CH3NO/c1-24-21-37(14-15-38(24)31-11-8-25(19-34)33-30(31)6-5-13-35-33)28-9-12-32(36-20-28)42-17-4-2-3-16-41-29-10-7-26(22-39)27(18-29)23-40;1-9(2)5-3-4-6(10)8-7(5)11;2-1-3/h5-13,18,20,22-24H,2-4,14-17,21H2,1H3;5H,3-4H2,1-2H3,(H,8,10,11);1H,(H2,2,3). The number of primary amides is 1. The van der Waals surface area contributed by atoms with E-state index in [2.05, 4.69) is 49.9 Å². The predicted molar refractivity (Wildman–Crippen MR) is 212 cm³/mol. The molecule has 56 heavy (non-hydrogen) atoms. The molecule has 0 aliphatic carbocycles. The van der Waals surface area contributed by atoms with Crippen LogP contribution in [0.3, 0.4) is 0 Å². The van der Waals surface area contributed by atoms with E-state index < -0.39 is 0 Å². The molecule has 2 atom stereocenters. The average molecular weight is 765 g/mol. The molecule has 0 spiro atoms. The van der Waals surface area contributed by atoms with Crippen molar-refractivity contribution >= 4 is 53.1 Å². The fourth-order valence-electron chi connectivity index (χ4n) is 6.47. The highest BCUT2D eigenvalue weighted by molar-refractivity contribution is 6.00. The number of ether oxygens (including phenoxy) is 2. The van der Waals surface area contributed by atoms with Crippen molar-refractivity contribution < 1.29 is 33.4 Å². The maximum atomic E-state index is 11.1. The van der Waals surface area contributed by atoms with Crippen LogP contribution in [0.2, 0.25) is 0 Å². The number of unbranched alkanes of at least 4 members (excludes halogenated alkanes) is 2. The molecule has 6 rings (SSSR count). The number of nitrogens with one attached hydrogen (secondary N) is 1. The van der Waals surface area contributed by atoms with E-state index in [1.807, 2.05) is 55.5 Å². The lowest BCUT2D eigenvalue weighted by molar-refractivity contribution is -0.136. The number of amides is 3. The van der Waals surface area contributed by atoms with Crippen molar-refractivity contribution in [2.45, 2.75) is 51.1 Å². The van der Waals surface area contributed by atoms with E-state index in [4.69, 9.17) is 14.3 Å². The third-order valence-electron chi connectivity index (χ3n) is 9.34. The number of aromatic nitrogens is 2. The summed E-state index contributed by atoms with van der Waals surface area (Å²) in [5.74, 6) is 0.855. The first-order valence-electron chi connectivity index (χ1n) is 18.3. The van der Waals surface area contributed by atoms with Gasteiger partial charge in [-0.25, -0.2) is 4.98 Å². The smallest absolute Gasteiger partial charge is 0.243 e. The second kappa shape index (κ2) is 21.5. The second-order valence-electron chi connectivity index (χ2n) is 13.3. The molecule has 2 fully saturated rings. The minimum absolute atomic E-state index is 0.132. The number of nitrogens with two attached hydrogens (primary N) is 1. The zero-order valence-electron chi connectivity index (χ0n) is 31.9. The summed E-state index contributed by atoms with van der Waals surface area (Å²) in [6.45, 7) is 5.86. The van der Waals surface area contributed by atoms with Gasteiger partial charge in [-0.05, 0) is 95.2 Å². The molecule has 3 amide bonds. The lowest BCUT2D eigenvalue weighted by Crippen LogP contribution is -2.52. The molecular formula is C41H48N8O7. The number of fused-ring (bicyclic) bond motifs is 1. The monoisotopic (exact) mass is 764 g/mol. The Labute approximate surface area is 326 Å². The first kappa shape index (κ1) is 42.3. The van der Waals surface area contributed by atoms with Gasteiger partial charge in [-0.2, -0.15) is 5.26 Å². The molecular weight excluding hydrogens is 716 g/mol. The number of aldehydes is 2. The summed E-state index contributed by atoms with van der Waals surface area (Å²) in [4.78, 5) is 67.9. The van der Waals surface area contributed by atoms with Gasteiger partial charge in [-0.15, -0.1) is 0 Å². The molecule has 2 saturated heterocycles. The number of rotatable bonds is 13. The highest BCUT2D eigenvalue weighted by Crippen LogP contribution is 2.31. The maximum absolute atomic E-state index is 11.1. The van der Waals surface area contributed by atoms with Gasteiger partial charge in [0.2, 0.25) is 24.1 Å². The Morgan fingerprint density at radius 2 is 1.71 bits per heavy atom. The van der Waals surface area contributed by atoms with Gasteiger partial charge in [0.1, 0.15) is 11.8 Å². The quantitative estimate of drug-likeness (QED) is 0.113. The third kappa shape index (κ3) is 11.6. The number of imide groups is 1. The van der Waals surface area contributed by atoms with Crippen molar-refractivity contribution in [3.8, 4) is 17.7 Å². The number of nitriles is 1. The van der Waals surface area contributed by atoms with Gasteiger partial charge in [-0.1, -0.05) is 0 Å². The van der Waals surface area contributed by atoms with Crippen molar-refractivity contribution in [3.05, 3.63) is 83.7 Å². The second-order valence-corrected chi connectivity index (χ2v) is 13.3. The van der Waals surface area contributed by atoms with E-state index in [9.17, 15) is 24.4 Å². The van der Waals surface area contributed by atoms with Gasteiger partial charge in [0, 0.05) is 66.6 Å². The topological polar surface area (TPSA) is 201 Å². The van der Waals surface area contributed by atoms with Crippen molar-refractivity contribution in [1.29, 1.82) is 5.26 Å². The molecule has 2 aromatic heterocycles. The van der Waals surface area contributed by atoms with Crippen LogP contribution in [0.15, 0.2) is 67.0 Å². The Kier molecular flexibility index (Phi) is 16.2. The minimum atomic E-state index is -0.175. The number of hydrogen-bond acceptors (Lipinski definition) is 13. The maximum Gasteiger partial charge on any atom is 0.243 e. The molecule has 15 nitrogen and oxygen atoms in total. The first-order chi connectivity index (χ1) is 27.1. The van der Waals surface area contributed by atoms with Crippen LogP contribution in [-0.2, 0) is 14.4 Å². The van der Waals surface area contributed by atoms with E-state index in [0.717, 1.165) is 61.2 Å². The van der Waals surface area contributed by atoms with E-state index >= 15 is 0 Å². The van der Waals surface area contributed by atoms with Gasteiger partial charge in [-0.3, -0.25) is 39.2 Å². The Morgan fingerprint density at radius 3 is 2.36 bits per heavy atom. The first-order valence-corrected chi connectivity index (χ1v) is 18.3. The van der Waals surface area contributed by atoms with E-state index in [0.29, 0.717) is 66.9 Å². The summed E-state index contributed by atoms with van der Waals surface area (Å²) in [6, 6.07) is 19.1. The van der Waals surface area contributed by atoms with Crippen LogP contribution in [0.5, 0.6) is 11.6 Å². The summed E-state index contributed by atoms with van der Waals surface area (Å²) in [7, 11) is 3.67. The molecule has 4 aromatic rings. The number of nitrogens with zero attached hydrogens (tertiary/aromatic N) is 6. The molecule has 0 radical (unpaired) electrons. The lowest BCUT2D eigenvalue weighted by Gasteiger charge is -2.42. The highest BCUT2D eigenvalue weighted by Gasteiger charge is 2.28. The SMILES string of the molecule is CC1CN(c2ccc(OCCCCCOc3ccc(C=O)c(C=O)c3)nc2)CCN1c1ccc(C#N)c2ncccc12.CN(C)C1CCC(=O)NC1=O.NC=O. The predicted octanol–water partition coefficient (Wildman–Crippen LogP) is 3.92. The summed E-state index contributed by atoms with van der Waals surface area (Å²) in [5.41, 5.74) is 8.38. The lowest BCUT2D eigenvalue weighted by atomic mass is 10.0. The Hall–Kier alpha value is -6.40. The number of hydrogen-bond donors (Lipinski definition) is 2. The number of piperazine rings is 1. The van der Waals surface area contributed by atoms with Crippen LogP contribution in [-0.4, -0.2) is 105 Å². The number of benzene rings is 2. The van der Waals surface area contributed by atoms with Crippen LogP contribution in [0.25, 0.3) is 10.9 Å². The molecule has 2 aliphatic rings. The summed E-state index contributed by atoms with van der Waals surface area (Å²) in [6.07, 6.45) is 8.91. The summed E-state index contributed by atoms with van der Waals surface area (Å²) < 4.78 is 11.5. The molecule has 2 aliphatic heterocycles. The Balaban J connectivity index is 0.000000421. The van der Waals surface area contributed by atoms with Crippen molar-refractivity contribution in [2.24, 2.45) is 5.73 Å². The average Bonchev–Trinajstić information content (AvgIpc) is 3.20. The van der Waals surface area contributed by atoms with Crippen LogP contribution < -0.4 is 30.3 Å². The van der Waals surface area contributed by atoms with E-state index in [1.54, 1.807) is 24.4 Å². The van der Waals surface area contributed by atoms with Gasteiger partial charge in [0.15, 0.2) is 12.6 Å². The molecule has 294 valence electrons. The van der Waals surface area contributed by atoms with Crippen LogP contribution >= 0.6 is 0 Å². The van der Waals surface area contributed by atoms with Gasteiger partial charge in [0.05, 0.1) is 42.2 Å². The fourth-order valence-corrected chi connectivity index (χ4v) is 6.47. The van der Waals surface area contributed by atoms with Crippen molar-refractivity contribution in [1.82, 2.24) is 20.2 Å². The third-order valence-corrected chi connectivity index (χ3v) is 9.34. The highest BCUT2D eigenvalue weighted by atomic mass is 16.5. The van der Waals surface area contributed by atoms with Gasteiger partial charge < -0.3 is 25.0 Å². The number of carbonyl (C=O) groups excluding carboxylic acids is 5. The number of likely N-dealkylation sites (N-methyl/N-ethyl adjacent to an activating group) is 1. The van der Waals surface area contributed by atoms with Crippen molar-refractivity contribution in [2.75, 3.05) is 56.7 Å². The molecule has 3 N–H and O–H groups in total. The molecule has 0 saturated carbocycles. The largest absolute Gasteiger partial charge is 0.494 e. The van der Waals surface area contributed by atoms with Gasteiger partial charge >= 0.3 is 0 Å². The van der Waals surface area contributed by atoms with E-state index in [1.165, 1.54) is 0 Å². The molecule has 0 bridgehead atoms. The number of piperidine rings is 1. The molecule has 2 aromatic carbocycles. The van der Waals surface area contributed by atoms with E-state index in [-0.39, 0.29) is 30.3 Å². The molecule has 4 heterocycles. The van der Waals surface area contributed by atoms with Crippen LogP contribution in [0.1, 0.15) is 65.3 Å². The zero-order valence-corrected chi connectivity index (χ0v) is 31.9. The van der Waals surface area contributed by atoms with Gasteiger partial charge in [0.25, 0.3) is 0 Å². The Morgan fingerprint density at radius 1 is 0.964 bits per heavy atom. The number of pyridine rings is 2. The summed E-state index contributed by atoms with van der Waals surface area (Å²) >= 11 is 0. The summed E-state index contributed by atoms with van der Waals surface area (Å²) in [5, 5.41) is 12.8. The normalized spacial score (nSPS) is 16.3. The number of anilines is 2. The van der Waals surface area contributed by atoms with Crippen LogP contribution in [0.4, 0.5) is 11.4 Å². The number of carbonyl (C=O) groups is 5. The zero-order chi connectivity index (χ0) is 40.5. The molecule has 2 unspecified atom stereocenters. The molecule has 15 heteroatoms.